The zero-order chi connectivity index (χ0) is 14.8. The van der Waals surface area contributed by atoms with Crippen LogP contribution in [0.25, 0.3) is 0 Å². The predicted octanol–water partition coefficient (Wildman–Crippen LogP) is 2.15. The topological polar surface area (TPSA) is 54.0 Å². The van der Waals surface area contributed by atoms with Crippen molar-refractivity contribution in [1.29, 1.82) is 0 Å². The Bertz CT molecular complexity index is 393. The van der Waals surface area contributed by atoms with Crippen molar-refractivity contribution >= 4 is 5.97 Å². The first-order valence-corrected chi connectivity index (χ1v) is 6.51. The molecular weight excluding hydrogens is 260 g/mol. The summed E-state index contributed by atoms with van der Waals surface area (Å²) < 4.78 is 20.8. The van der Waals surface area contributed by atoms with Gasteiger partial charge in [0.2, 0.25) is 0 Å². The quantitative estimate of drug-likeness (QED) is 0.513. The molecule has 0 saturated carbocycles. The Morgan fingerprint density at radius 2 is 1.90 bits per heavy atom. The molecule has 0 amide bonds. The Hall–Kier alpha value is -1.43. The third kappa shape index (κ3) is 4.59. The summed E-state index contributed by atoms with van der Waals surface area (Å²) in [7, 11) is 2.84. The van der Waals surface area contributed by atoms with E-state index in [1.165, 1.54) is 14.2 Å². The molecule has 1 aromatic carbocycles. The molecule has 5 heteroatoms. The van der Waals surface area contributed by atoms with Gasteiger partial charge in [0.1, 0.15) is 6.79 Å². The minimum absolute atomic E-state index is 0.0115. The van der Waals surface area contributed by atoms with E-state index < -0.39 is 11.6 Å². The van der Waals surface area contributed by atoms with Crippen molar-refractivity contribution in [2.45, 2.75) is 25.6 Å². The number of methoxy groups -OCH3 is 2. The summed E-state index contributed by atoms with van der Waals surface area (Å²) in [6, 6.07) is 9.74. The van der Waals surface area contributed by atoms with Crippen LogP contribution < -0.4 is 0 Å². The number of rotatable bonds is 9. The molecule has 0 aliphatic carbocycles. The standard InChI is InChI=1S/C15H22O5/c1-4-15(14(16)18-3,20-12-17-2)11-19-10-13-8-6-5-7-9-13/h5-9H,4,10-12H2,1-3H3/t15-/m0/s1. The van der Waals surface area contributed by atoms with Gasteiger partial charge in [-0.1, -0.05) is 37.3 Å². The molecule has 0 heterocycles. The Balaban J connectivity index is 2.61. The summed E-state index contributed by atoms with van der Waals surface area (Å²) in [5.74, 6) is -0.454. The molecule has 0 spiro atoms. The fourth-order valence-electron chi connectivity index (χ4n) is 1.77. The molecule has 1 rings (SSSR count). The van der Waals surface area contributed by atoms with Crippen molar-refractivity contribution in [1.82, 2.24) is 0 Å². The van der Waals surface area contributed by atoms with Crippen LogP contribution in [0.2, 0.25) is 0 Å². The monoisotopic (exact) mass is 282 g/mol. The molecule has 0 unspecified atom stereocenters. The minimum atomic E-state index is -1.13. The normalized spacial score (nSPS) is 13.8. The first kappa shape index (κ1) is 16.6. The summed E-state index contributed by atoms with van der Waals surface area (Å²) >= 11 is 0. The third-order valence-corrected chi connectivity index (χ3v) is 3.03. The molecule has 0 N–H and O–H groups in total. The van der Waals surface area contributed by atoms with E-state index in [4.69, 9.17) is 18.9 Å². The highest BCUT2D eigenvalue weighted by Crippen LogP contribution is 2.19. The first-order valence-electron chi connectivity index (χ1n) is 6.51. The number of hydrogen-bond donors (Lipinski definition) is 0. The molecule has 20 heavy (non-hydrogen) atoms. The highest BCUT2D eigenvalue weighted by molar-refractivity contribution is 5.79. The summed E-state index contributed by atoms with van der Waals surface area (Å²) in [6.45, 7) is 2.39. The van der Waals surface area contributed by atoms with Crippen LogP contribution in [0.4, 0.5) is 0 Å². The number of carbonyl (C=O) groups is 1. The number of carbonyl (C=O) groups excluding carboxylic acids is 1. The third-order valence-electron chi connectivity index (χ3n) is 3.03. The van der Waals surface area contributed by atoms with Crippen molar-refractivity contribution in [2.24, 2.45) is 0 Å². The second-order valence-electron chi connectivity index (χ2n) is 4.37. The summed E-state index contributed by atoms with van der Waals surface area (Å²) in [6.07, 6.45) is 0.442. The molecule has 112 valence electrons. The van der Waals surface area contributed by atoms with E-state index in [1.54, 1.807) is 0 Å². The number of hydrogen-bond acceptors (Lipinski definition) is 5. The highest BCUT2D eigenvalue weighted by atomic mass is 16.7. The number of ether oxygens (including phenoxy) is 4. The molecule has 0 aliphatic heterocycles. The fraction of sp³-hybridized carbons (Fsp3) is 0.533. The van der Waals surface area contributed by atoms with Gasteiger partial charge in [0.15, 0.2) is 5.60 Å². The Morgan fingerprint density at radius 3 is 2.45 bits per heavy atom. The lowest BCUT2D eigenvalue weighted by molar-refractivity contribution is -0.197. The molecule has 0 radical (unpaired) electrons. The molecule has 0 bridgehead atoms. The van der Waals surface area contributed by atoms with E-state index >= 15 is 0 Å². The van der Waals surface area contributed by atoms with Crippen molar-refractivity contribution in [2.75, 3.05) is 27.6 Å². The van der Waals surface area contributed by atoms with Crippen LogP contribution in [0.1, 0.15) is 18.9 Å². The molecule has 0 fully saturated rings. The maximum Gasteiger partial charge on any atom is 0.340 e. The van der Waals surface area contributed by atoms with Crippen LogP contribution >= 0.6 is 0 Å². The van der Waals surface area contributed by atoms with E-state index in [-0.39, 0.29) is 13.4 Å². The second kappa shape index (κ2) is 8.68. The Kier molecular flexibility index (Phi) is 7.22. The lowest BCUT2D eigenvalue weighted by Gasteiger charge is -2.29. The molecule has 1 aromatic rings. The van der Waals surface area contributed by atoms with Crippen LogP contribution in [-0.4, -0.2) is 39.2 Å². The maximum absolute atomic E-state index is 11.9. The van der Waals surface area contributed by atoms with Gasteiger partial charge < -0.3 is 18.9 Å². The van der Waals surface area contributed by atoms with Crippen molar-refractivity contribution in [3.05, 3.63) is 35.9 Å². The first-order chi connectivity index (χ1) is 9.68. The lowest BCUT2D eigenvalue weighted by atomic mass is 10.0. The molecule has 1 atom stereocenters. The Morgan fingerprint density at radius 1 is 1.20 bits per heavy atom. The van der Waals surface area contributed by atoms with Gasteiger partial charge in [-0.2, -0.15) is 0 Å². The maximum atomic E-state index is 11.9. The van der Waals surface area contributed by atoms with Crippen LogP contribution in [0, 0.1) is 0 Å². The van der Waals surface area contributed by atoms with Crippen LogP contribution in [0.15, 0.2) is 30.3 Å². The smallest absolute Gasteiger partial charge is 0.340 e. The van der Waals surface area contributed by atoms with Crippen LogP contribution in [0.3, 0.4) is 0 Å². The van der Waals surface area contributed by atoms with Gasteiger partial charge >= 0.3 is 5.97 Å². The van der Waals surface area contributed by atoms with E-state index in [0.29, 0.717) is 13.0 Å². The van der Waals surface area contributed by atoms with Gasteiger partial charge in [-0.25, -0.2) is 4.79 Å². The summed E-state index contributed by atoms with van der Waals surface area (Å²) in [4.78, 5) is 11.9. The minimum Gasteiger partial charge on any atom is -0.467 e. The van der Waals surface area contributed by atoms with E-state index in [9.17, 15) is 4.79 Å². The fourth-order valence-corrected chi connectivity index (χ4v) is 1.77. The molecule has 0 saturated heterocycles. The van der Waals surface area contributed by atoms with E-state index in [2.05, 4.69) is 0 Å². The second-order valence-corrected chi connectivity index (χ2v) is 4.37. The average Bonchev–Trinajstić information content (AvgIpc) is 2.51. The predicted molar refractivity (Wildman–Crippen MR) is 74.1 cm³/mol. The van der Waals surface area contributed by atoms with Gasteiger partial charge in [0.05, 0.1) is 20.3 Å². The molecule has 0 aromatic heterocycles. The average molecular weight is 282 g/mol. The summed E-state index contributed by atoms with van der Waals surface area (Å²) in [5, 5.41) is 0. The SMILES string of the molecule is CC[C@@](COCc1ccccc1)(OCOC)C(=O)OC. The van der Waals surface area contributed by atoms with Crippen LogP contribution in [-0.2, 0) is 30.3 Å². The van der Waals surface area contributed by atoms with Crippen LogP contribution in [0.5, 0.6) is 0 Å². The summed E-state index contributed by atoms with van der Waals surface area (Å²) in [5.41, 5.74) is -0.0892. The molecule has 5 nitrogen and oxygen atoms in total. The van der Waals surface area contributed by atoms with Gasteiger partial charge in [0, 0.05) is 7.11 Å². The lowest BCUT2D eigenvalue weighted by Crippen LogP contribution is -2.46. The van der Waals surface area contributed by atoms with Gasteiger partial charge in [0.25, 0.3) is 0 Å². The van der Waals surface area contributed by atoms with Crippen molar-refractivity contribution < 1.29 is 23.7 Å². The van der Waals surface area contributed by atoms with E-state index in [0.717, 1.165) is 5.56 Å². The van der Waals surface area contributed by atoms with Gasteiger partial charge in [-0.05, 0) is 12.0 Å². The molecule has 0 aliphatic rings. The van der Waals surface area contributed by atoms with Gasteiger partial charge in [-0.3, -0.25) is 0 Å². The Labute approximate surface area is 119 Å². The van der Waals surface area contributed by atoms with E-state index in [1.807, 2.05) is 37.3 Å². The van der Waals surface area contributed by atoms with Gasteiger partial charge in [-0.15, -0.1) is 0 Å². The zero-order valence-corrected chi connectivity index (χ0v) is 12.3. The largest absolute Gasteiger partial charge is 0.467 e. The zero-order valence-electron chi connectivity index (χ0n) is 12.3. The van der Waals surface area contributed by atoms with Crippen molar-refractivity contribution in [3.8, 4) is 0 Å². The number of benzene rings is 1. The number of esters is 1. The highest BCUT2D eigenvalue weighted by Gasteiger charge is 2.39. The van der Waals surface area contributed by atoms with Crippen molar-refractivity contribution in [3.63, 3.8) is 0 Å². The molecular formula is C15H22O5.